The molecule has 3 heteroatoms. The quantitative estimate of drug-likeness (QED) is 0.312. The Labute approximate surface area is 40.5 Å². The highest BCUT2D eigenvalue weighted by atomic mass is 32.2. The first-order chi connectivity index (χ1) is 2.91. The Morgan fingerprint density at radius 1 is 2.00 bits per heavy atom. The van der Waals surface area contributed by atoms with Crippen LogP contribution < -0.4 is 0 Å². The van der Waals surface area contributed by atoms with Gasteiger partial charge in [0, 0.05) is 0 Å². The maximum absolute atomic E-state index is 9.39. The lowest BCUT2D eigenvalue weighted by atomic mass is 10.7. The van der Waals surface area contributed by atoms with Gasteiger partial charge in [-0.1, -0.05) is 6.08 Å². The van der Waals surface area contributed by atoms with Crippen molar-refractivity contribution in [3.05, 3.63) is 12.7 Å². The molecule has 0 heterocycles. The fourth-order valence-electron chi connectivity index (χ4n) is 0.0831. The molecular weight excluding hydrogens is 100 g/mol. The van der Waals surface area contributed by atoms with E-state index in [0.717, 1.165) is 0 Å². The molecule has 0 rings (SSSR count). The first kappa shape index (κ1) is 5.85. The molecular formula is C3H6O2S. The zero-order valence-electron chi connectivity index (χ0n) is 3.26. The van der Waals surface area contributed by atoms with Crippen LogP contribution >= 0.6 is 0 Å². The molecule has 0 bridgehead atoms. The van der Waals surface area contributed by atoms with Crippen LogP contribution in [-0.2, 0) is 16.1 Å². The minimum absolute atomic E-state index is 0.276. The van der Waals surface area contributed by atoms with E-state index in [1.54, 1.807) is 0 Å². The Bertz CT molecular complexity index is 44.8. The molecule has 0 aliphatic rings. The molecule has 0 aromatic heterocycles. The fourth-order valence-corrected chi connectivity index (χ4v) is 0.249. The molecule has 2 nitrogen and oxygen atoms in total. The normalized spacial score (nSPS) is 8.00. The lowest BCUT2D eigenvalue weighted by Gasteiger charge is -1.78. The minimum atomic E-state index is -0.276. The summed E-state index contributed by atoms with van der Waals surface area (Å²) in [6.45, 7) is 3.68. The highest BCUT2D eigenvalue weighted by molar-refractivity contribution is 7.60. The SMILES string of the molecule is C=CCO[SH]=O. The lowest BCUT2D eigenvalue weighted by molar-refractivity contribution is 0.409. The molecule has 0 aliphatic heterocycles. The molecule has 0 aromatic rings. The summed E-state index contributed by atoms with van der Waals surface area (Å²) in [5.41, 5.74) is 0. The van der Waals surface area contributed by atoms with Gasteiger partial charge in [-0.15, -0.1) is 6.58 Å². The topological polar surface area (TPSA) is 26.3 Å². The van der Waals surface area contributed by atoms with Crippen molar-refractivity contribution in [2.24, 2.45) is 0 Å². The third-order valence-corrected chi connectivity index (χ3v) is 0.500. The van der Waals surface area contributed by atoms with Crippen LogP contribution in [0.1, 0.15) is 0 Å². The summed E-state index contributed by atoms with van der Waals surface area (Å²) >= 11 is -0.276. The first-order valence-electron chi connectivity index (χ1n) is 1.47. The summed E-state index contributed by atoms with van der Waals surface area (Å²) in [5, 5.41) is 0. The summed E-state index contributed by atoms with van der Waals surface area (Å²) < 4.78 is 13.7. The molecule has 0 amide bonds. The largest absolute Gasteiger partial charge is 0.289 e. The fraction of sp³-hybridized carbons (Fsp3) is 0.333. The Morgan fingerprint density at radius 2 is 2.67 bits per heavy atom. The van der Waals surface area contributed by atoms with Crippen molar-refractivity contribution in [3.63, 3.8) is 0 Å². The number of hydrogen-bond acceptors (Lipinski definition) is 2. The summed E-state index contributed by atoms with van der Waals surface area (Å²) in [7, 11) is 0. The zero-order valence-corrected chi connectivity index (χ0v) is 4.15. The molecule has 0 aliphatic carbocycles. The second-order valence-electron chi connectivity index (χ2n) is 0.659. The Hall–Kier alpha value is -0.150. The van der Waals surface area contributed by atoms with E-state index in [2.05, 4.69) is 10.8 Å². The van der Waals surface area contributed by atoms with Crippen LogP contribution in [0.4, 0.5) is 0 Å². The molecule has 0 fully saturated rings. The Kier molecular flexibility index (Phi) is 4.73. The summed E-state index contributed by atoms with van der Waals surface area (Å²) in [6, 6.07) is 0. The molecule has 0 saturated heterocycles. The number of thiol groups is 1. The van der Waals surface area contributed by atoms with Gasteiger partial charge in [0.05, 0.1) is 6.61 Å². The van der Waals surface area contributed by atoms with Crippen molar-refractivity contribution in [2.75, 3.05) is 6.61 Å². The Morgan fingerprint density at radius 3 is 2.83 bits per heavy atom. The molecule has 0 atom stereocenters. The highest BCUT2D eigenvalue weighted by Gasteiger charge is 1.66. The third-order valence-electron chi connectivity index (χ3n) is 0.245. The van der Waals surface area contributed by atoms with Crippen molar-refractivity contribution in [2.45, 2.75) is 0 Å². The van der Waals surface area contributed by atoms with Gasteiger partial charge in [0.15, 0.2) is 0 Å². The Balaban J connectivity index is 2.66. The van der Waals surface area contributed by atoms with E-state index >= 15 is 0 Å². The predicted octanol–water partition coefficient (Wildman–Crippen LogP) is 0.0493. The van der Waals surface area contributed by atoms with Gasteiger partial charge >= 0.3 is 0 Å². The zero-order chi connectivity index (χ0) is 4.83. The monoisotopic (exact) mass is 106 g/mol. The summed E-state index contributed by atoms with van der Waals surface area (Å²) in [5.74, 6) is 0. The summed E-state index contributed by atoms with van der Waals surface area (Å²) in [4.78, 5) is 0. The molecule has 0 unspecified atom stereocenters. The molecule has 0 N–H and O–H groups in total. The average Bonchev–Trinajstić information content (AvgIpc) is 1.61. The number of rotatable bonds is 3. The van der Waals surface area contributed by atoms with Crippen LogP contribution in [-0.4, -0.2) is 10.8 Å². The second-order valence-corrected chi connectivity index (χ2v) is 1.07. The van der Waals surface area contributed by atoms with Gasteiger partial charge in [0.25, 0.3) is 0 Å². The molecule has 0 spiro atoms. The molecule has 0 saturated carbocycles. The van der Waals surface area contributed by atoms with Crippen molar-refractivity contribution in [1.29, 1.82) is 0 Å². The standard InChI is InChI=1S/C3H6O2S/c1-2-3-5-6-4/h2,6H,1,3H2. The van der Waals surface area contributed by atoms with Gasteiger partial charge in [-0.2, -0.15) is 0 Å². The summed E-state index contributed by atoms with van der Waals surface area (Å²) in [6.07, 6.45) is 1.53. The average molecular weight is 106 g/mol. The molecule has 36 valence electrons. The van der Waals surface area contributed by atoms with Crippen LogP contribution in [0.3, 0.4) is 0 Å². The van der Waals surface area contributed by atoms with Gasteiger partial charge in [0.2, 0.25) is 0 Å². The highest BCUT2D eigenvalue weighted by Crippen LogP contribution is 1.65. The van der Waals surface area contributed by atoms with E-state index in [4.69, 9.17) is 0 Å². The smallest absolute Gasteiger partial charge is 0.142 e. The van der Waals surface area contributed by atoms with Gasteiger partial charge < -0.3 is 0 Å². The van der Waals surface area contributed by atoms with Crippen LogP contribution in [0.2, 0.25) is 0 Å². The van der Waals surface area contributed by atoms with E-state index in [0.29, 0.717) is 6.61 Å². The van der Waals surface area contributed by atoms with E-state index in [1.807, 2.05) is 0 Å². The van der Waals surface area contributed by atoms with Crippen molar-refractivity contribution in [1.82, 2.24) is 0 Å². The minimum Gasteiger partial charge on any atom is -0.289 e. The maximum Gasteiger partial charge on any atom is 0.142 e. The predicted molar refractivity (Wildman–Crippen MR) is 25.7 cm³/mol. The molecule has 6 heavy (non-hydrogen) atoms. The van der Waals surface area contributed by atoms with Gasteiger partial charge in [-0.3, -0.25) is 4.18 Å². The molecule has 0 aromatic carbocycles. The van der Waals surface area contributed by atoms with E-state index < -0.39 is 0 Å². The third kappa shape index (κ3) is 3.85. The van der Waals surface area contributed by atoms with Gasteiger partial charge in [-0.25, -0.2) is 4.21 Å². The lowest BCUT2D eigenvalue weighted by Crippen LogP contribution is -1.78. The maximum atomic E-state index is 9.39. The first-order valence-corrected chi connectivity index (χ1v) is 2.20. The van der Waals surface area contributed by atoms with Crippen molar-refractivity contribution < 1.29 is 8.39 Å². The van der Waals surface area contributed by atoms with Crippen LogP contribution in [0.15, 0.2) is 12.7 Å². The number of hydrogen-bond donors (Lipinski definition) is 1. The molecule has 0 radical (unpaired) electrons. The van der Waals surface area contributed by atoms with Crippen LogP contribution in [0, 0.1) is 0 Å². The van der Waals surface area contributed by atoms with Crippen molar-refractivity contribution in [3.8, 4) is 0 Å². The van der Waals surface area contributed by atoms with Crippen LogP contribution in [0.25, 0.3) is 0 Å². The van der Waals surface area contributed by atoms with E-state index in [-0.39, 0.29) is 11.9 Å². The van der Waals surface area contributed by atoms with E-state index in [9.17, 15) is 4.21 Å². The van der Waals surface area contributed by atoms with Gasteiger partial charge in [0.1, 0.15) is 11.9 Å². The van der Waals surface area contributed by atoms with E-state index in [1.165, 1.54) is 6.08 Å². The van der Waals surface area contributed by atoms with Crippen LogP contribution in [0.5, 0.6) is 0 Å². The second kappa shape index (κ2) is 4.85. The van der Waals surface area contributed by atoms with Gasteiger partial charge in [-0.05, 0) is 0 Å². The van der Waals surface area contributed by atoms with Crippen molar-refractivity contribution >= 4 is 11.9 Å².